The summed E-state index contributed by atoms with van der Waals surface area (Å²) in [6.45, 7) is 7.98. The van der Waals surface area contributed by atoms with Gasteiger partial charge >= 0.3 is 0 Å². The Bertz CT molecular complexity index is 352. The molecule has 1 aromatic rings. The van der Waals surface area contributed by atoms with Gasteiger partial charge in [-0.3, -0.25) is 0 Å². The third-order valence-corrected chi connectivity index (χ3v) is 4.02. The molecule has 1 saturated heterocycles. The van der Waals surface area contributed by atoms with Crippen molar-refractivity contribution in [3.8, 4) is 0 Å². The van der Waals surface area contributed by atoms with Gasteiger partial charge in [0, 0.05) is 28.6 Å². The first-order chi connectivity index (χ1) is 7.58. The van der Waals surface area contributed by atoms with E-state index in [4.69, 9.17) is 0 Å². The van der Waals surface area contributed by atoms with Gasteiger partial charge in [0.2, 0.25) is 5.95 Å². The Balaban J connectivity index is 2.21. The van der Waals surface area contributed by atoms with E-state index in [1.807, 2.05) is 12.4 Å². The summed E-state index contributed by atoms with van der Waals surface area (Å²) >= 11 is 2.24. The second-order valence-electron chi connectivity index (χ2n) is 4.91. The van der Waals surface area contributed by atoms with Gasteiger partial charge < -0.3 is 4.90 Å². The van der Waals surface area contributed by atoms with E-state index in [0.29, 0.717) is 12.0 Å². The van der Waals surface area contributed by atoms with Crippen LogP contribution in [0.15, 0.2) is 12.4 Å². The number of hydrogen-bond donors (Lipinski definition) is 0. The van der Waals surface area contributed by atoms with E-state index in [2.05, 4.69) is 58.2 Å². The molecule has 3 nitrogen and oxygen atoms in total. The van der Waals surface area contributed by atoms with Crippen LogP contribution in [-0.2, 0) is 0 Å². The fourth-order valence-corrected chi connectivity index (χ4v) is 2.71. The molecule has 4 heteroatoms. The fourth-order valence-electron chi connectivity index (χ4n) is 2.43. The van der Waals surface area contributed by atoms with Gasteiger partial charge in [-0.25, -0.2) is 9.97 Å². The highest BCUT2D eigenvalue weighted by molar-refractivity contribution is 14.1. The van der Waals surface area contributed by atoms with Gasteiger partial charge in [-0.05, 0) is 47.8 Å². The molecule has 2 heterocycles. The number of aromatic nitrogens is 2. The van der Waals surface area contributed by atoms with Gasteiger partial charge in [0.1, 0.15) is 0 Å². The van der Waals surface area contributed by atoms with E-state index in [0.717, 1.165) is 22.0 Å². The van der Waals surface area contributed by atoms with E-state index in [1.54, 1.807) is 0 Å². The highest BCUT2D eigenvalue weighted by Gasteiger charge is 2.30. The maximum Gasteiger partial charge on any atom is 0.225 e. The first-order valence-electron chi connectivity index (χ1n) is 5.82. The van der Waals surface area contributed by atoms with E-state index in [1.165, 1.54) is 6.42 Å². The summed E-state index contributed by atoms with van der Waals surface area (Å²) in [5.41, 5.74) is 0. The molecule has 0 amide bonds. The quantitative estimate of drug-likeness (QED) is 0.741. The van der Waals surface area contributed by atoms with Crippen molar-refractivity contribution in [2.24, 2.45) is 11.8 Å². The molecule has 0 aliphatic carbocycles. The highest BCUT2D eigenvalue weighted by Crippen LogP contribution is 2.29. The van der Waals surface area contributed by atoms with Crippen LogP contribution in [0.2, 0.25) is 0 Å². The third kappa shape index (κ3) is 2.47. The van der Waals surface area contributed by atoms with Gasteiger partial charge in [-0.1, -0.05) is 13.8 Å². The molecule has 88 valence electrons. The summed E-state index contributed by atoms with van der Waals surface area (Å²) in [5, 5.41) is 0. The Kier molecular flexibility index (Phi) is 3.66. The Morgan fingerprint density at radius 3 is 2.50 bits per heavy atom. The summed E-state index contributed by atoms with van der Waals surface area (Å²) in [6.07, 6.45) is 5.08. The van der Waals surface area contributed by atoms with E-state index < -0.39 is 0 Å². The van der Waals surface area contributed by atoms with Crippen LogP contribution in [0, 0.1) is 15.4 Å². The molecule has 0 radical (unpaired) electrons. The molecule has 0 saturated carbocycles. The summed E-state index contributed by atoms with van der Waals surface area (Å²) in [5.74, 6) is 2.33. The lowest BCUT2D eigenvalue weighted by atomic mass is 9.86. The van der Waals surface area contributed by atoms with Crippen LogP contribution in [0.5, 0.6) is 0 Å². The lowest BCUT2D eigenvalue weighted by Crippen LogP contribution is -2.46. The minimum Gasteiger partial charge on any atom is -0.338 e. The Hall–Kier alpha value is -0.390. The van der Waals surface area contributed by atoms with Gasteiger partial charge in [0.15, 0.2) is 0 Å². The molecule has 3 unspecified atom stereocenters. The first kappa shape index (κ1) is 12.1. The third-order valence-electron chi connectivity index (χ3n) is 3.46. The van der Waals surface area contributed by atoms with Crippen molar-refractivity contribution < 1.29 is 0 Å². The summed E-state index contributed by atoms with van der Waals surface area (Å²) in [4.78, 5) is 11.2. The Morgan fingerprint density at radius 2 is 1.88 bits per heavy atom. The van der Waals surface area contributed by atoms with Crippen molar-refractivity contribution in [1.29, 1.82) is 0 Å². The van der Waals surface area contributed by atoms with Crippen molar-refractivity contribution in [2.45, 2.75) is 33.2 Å². The van der Waals surface area contributed by atoms with Gasteiger partial charge in [0.25, 0.3) is 0 Å². The molecule has 2 rings (SSSR count). The van der Waals surface area contributed by atoms with Crippen molar-refractivity contribution in [3.63, 3.8) is 0 Å². The molecule has 16 heavy (non-hydrogen) atoms. The zero-order chi connectivity index (χ0) is 11.7. The minimum absolute atomic E-state index is 0.538. The number of anilines is 1. The molecule has 1 aromatic heterocycles. The van der Waals surface area contributed by atoms with Gasteiger partial charge in [0.05, 0.1) is 0 Å². The molecule has 3 atom stereocenters. The standard InChI is InChI=1S/C12H18IN3/c1-8-4-9(2)10(3)16(7-8)12-14-5-11(13)6-15-12/h5-6,8-10H,4,7H2,1-3H3. The molecule has 1 aliphatic heterocycles. The van der Waals surface area contributed by atoms with Crippen LogP contribution >= 0.6 is 22.6 Å². The minimum atomic E-state index is 0.538. The zero-order valence-electron chi connectivity index (χ0n) is 10.0. The number of rotatable bonds is 1. The van der Waals surface area contributed by atoms with Crippen LogP contribution in [0.1, 0.15) is 27.2 Å². The number of hydrogen-bond acceptors (Lipinski definition) is 3. The van der Waals surface area contributed by atoms with Gasteiger partial charge in [-0.2, -0.15) is 0 Å². The lowest BCUT2D eigenvalue weighted by Gasteiger charge is -2.41. The maximum absolute atomic E-state index is 4.43. The van der Waals surface area contributed by atoms with Crippen LogP contribution in [-0.4, -0.2) is 22.6 Å². The fraction of sp³-hybridized carbons (Fsp3) is 0.667. The van der Waals surface area contributed by atoms with Crippen LogP contribution < -0.4 is 4.90 Å². The molecule has 0 spiro atoms. The van der Waals surface area contributed by atoms with Crippen LogP contribution in [0.4, 0.5) is 5.95 Å². The number of piperidine rings is 1. The van der Waals surface area contributed by atoms with Crippen molar-refractivity contribution in [2.75, 3.05) is 11.4 Å². The normalized spacial score (nSPS) is 30.5. The first-order valence-corrected chi connectivity index (χ1v) is 6.90. The predicted octanol–water partition coefficient (Wildman–Crippen LogP) is 2.95. The monoisotopic (exact) mass is 331 g/mol. The summed E-state index contributed by atoms with van der Waals surface area (Å²) < 4.78 is 1.09. The van der Waals surface area contributed by atoms with Crippen molar-refractivity contribution >= 4 is 28.5 Å². The van der Waals surface area contributed by atoms with E-state index in [-0.39, 0.29) is 0 Å². The van der Waals surface area contributed by atoms with Crippen LogP contribution in [0.25, 0.3) is 0 Å². The predicted molar refractivity (Wildman–Crippen MR) is 74.5 cm³/mol. The Labute approximate surface area is 111 Å². The maximum atomic E-state index is 4.43. The highest BCUT2D eigenvalue weighted by atomic mass is 127. The second kappa shape index (κ2) is 4.85. The smallest absolute Gasteiger partial charge is 0.225 e. The topological polar surface area (TPSA) is 29.0 Å². The SMILES string of the molecule is CC1CC(C)C(C)N(c2ncc(I)cn2)C1. The average Bonchev–Trinajstić information content (AvgIpc) is 2.25. The molecular weight excluding hydrogens is 313 g/mol. The van der Waals surface area contributed by atoms with E-state index >= 15 is 0 Å². The Morgan fingerprint density at radius 1 is 1.25 bits per heavy atom. The molecule has 0 bridgehead atoms. The van der Waals surface area contributed by atoms with Crippen molar-refractivity contribution in [3.05, 3.63) is 16.0 Å². The summed E-state index contributed by atoms with van der Waals surface area (Å²) in [6, 6.07) is 0.538. The van der Waals surface area contributed by atoms with E-state index in [9.17, 15) is 0 Å². The number of nitrogens with zero attached hydrogens (tertiary/aromatic N) is 3. The molecule has 0 N–H and O–H groups in total. The zero-order valence-corrected chi connectivity index (χ0v) is 12.2. The van der Waals surface area contributed by atoms with Crippen LogP contribution in [0.3, 0.4) is 0 Å². The lowest BCUT2D eigenvalue weighted by molar-refractivity contribution is 0.294. The largest absolute Gasteiger partial charge is 0.338 e. The molecule has 1 fully saturated rings. The number of halogens is 1. The van der Waals surface area contributed by atoms with Crippen molar-refractivity contribution in [1.82, 2.24) is 9.97 Å². The molecule has 1 aliphatic rings. The second-order valence-corrected chi connectivity index (χ2v) is 6.16. The molecular formula is C12H18IN3. The van der Waals surface area contributed by atoms with Gasteiger partial charge in [-0.15, -0.1) is 0 Å². The summed E-state index contributed by atoms with van der Waals surface area (Å²) in [7, 11) is 0. The molecule has 0 aromatic carbocycles. The average molecular weight is 331 g/mol.